The first-order valence-electron chi connectivity index (χ1n) is 3.82. The standard InChI is InChI=1S/C10H7IOS/c12-9-5-3-8(4-6-9)11-10-2-1-7-13-10/h1-7H/p+1. The summed E-state index contributed by atoms with van der Waals surface area (Å²) in [6, 6.07) is 11.8. The molecule has 0 bridgehead atoms. The highest BCUT2D eigenvalue weighted by molar-refractivity contribution is 7.07. The predicted molar refractivity (Wildman–Crippen MR) is 49.8 cm³/mol. The Kier molecular flexibility index (Phi) is 2.85. The molecule has 0 atom stereocenters. The third kappa shape index (κ3) is 2.45. The van der Waals surface area contributed by atoms with E-state index in [1.54, 1.807) is 12.1 Å². The second-order valence-electron chi connectivity index (χ2n) is 2.49. The maximum absolute atomic E-state index is 9.10. The number of benzene rings is 1. The minimum absolute atomic E-state index is 0.0391. The summed E-state index contributed by atoms with van der Waals surface area (Å²) in [5.74, 6) is 0.346. The van der Waals surface area contributed by atoms with Crippen LogP contribution in [0.1, 0.15) is 0 Å². The van der Waals surface area contributed by atoms with Crippen LogP contribution in [-0.2, 0) is 0 Å². The van der Waals surface area contributed by atoms with E-state index in [4.69, 9.17) is 5.11 Å². The van der Waals surface area contributed by atoms with Gasteiger partial charge < -0.3 is 5.11 Å². The lowest BCUT2D eigenvalue weighted by molar-refractivity contribution is -0.591. The van der Waals surface area contributed by atoms with Crippen molar-refractivity contribution in [1.82, 2.24) is 0 Å². The molecule has 2 aromatic rings. The highest BCUT2D eigenvalue weighted by Gasteiger charge is 2.15. The van der Waals surface area contributed by atoms with Crippen molar-refractivity contribution in [2.75, 3.05) is 0 Å². The molecule has 3 heteroatoms. The van der Waals surface area contributed by atoms with Crippen LogP contribution in [0.15, 0.2) is 41.8 Å². The normalized spacial score (nSPS) is 10.2. The van der Waals surface area contributed by atoms with E-state index in [2.05, 4.69) is 17.5 Å². The van der Waals surface area contributed by atoms with Crippen molar-refractivity contribution in [2.45, 2.75) is 0 Å². The molecule has 0 saturated carbocycles. The third-order valence-electron chi connectivity index (χ3n) is 1.52. The molecule has 0 aliphatic carbocycles. The molecule has 0 amide bonds. The topological polar surface area (TPSA) is 20.2 Å². The molecule has 0 radical (unpaired) electrons. The first-order valence-corrected chi connectivity index (χ1v) is 6.86. The van der Waals surface area contributed by atoms with Crippen molar-refractivity contribution >= 4 is 11.3 Å². The Morgan fingerprint density at radius 1 is 1.08 bits per heavy atom. The van der Waals surface area contributed by atoms with Gasteiger partial charge in [-0.05, 0) is 35.7 Å². The van der Waals surface area contributed by atoms with Crippen LogP contribution in [0.3, 0.4) is 0 Å². The largest absolute Gasteiger partial charge is 0.508 e. The summed E-state index contributed by atoms with van der Waals surface area (Å²) in [5.41, 5.74) is 0. The predicted octanol–water partition coefficient (Wildman–Crippen LogP) is -0.418. The Morgan fingerprint density at radius 3 is 2.46 bits per heavy atom. The van der Waals surface area contributed by atoms with Gasteiger partial charge in [0.15, 0.2) is 3.57 Å². The molecule has 0 unspecified atom stereocenters. The SMILES string of the molecule is Oc1ccc([I+]c2cccs2)cc1. The summed E-state index contributed by atoms with van der Waals surface area (Å²) in [6.45, 7) is 0. The maximum atomic E-state index is 9.10. The Bertz CT molecular complexity index is 366. The van der Waals surface area contributed by atoms with Gasteiger partial charge in [0.2, 0.25) is 2.88 Å². The monoisotopic (exact) mass is 303 g/mol. The smallest absolute Gasteiger partial charge is 0.369 e. The van der Waals surface area contributed by atoms with Crippen LogP contribution in [0, 0.1) is 6.45 Å². The highest BCUT2D eigenvalue weighted by atomic mass is 127. The zero-order chi connectivity index (χ0) is 9.10. The van der Waals surface area contributed by atoms with Crippen LogP contribution < -0.4 is 21.2 Å². The summed E-state index contributed by atoms with van der Waals surface area (Å²) < 4.78 is 2.81. The molecule has 2 rings (SSSR count). The van der Waals surface area contributed by atoms with E-state index in [0.717, 1.165) is 0 Å². The highest BCUT2D eigenvalue weighted by Crippen LogP contribution is 2.03. The number of hydrogen-bond acceptors (Lipinski definition) is 2. The third-order valence-corrected chi connectivity index (χ3v) is 5.68. The molecular weight excluding hydrogens is 295 g/mol. The van der Waals surface area contributed by atoms with Crippen molar-refractivity contribution in [3.05, 3.63) is 48.2 Å². The minimum Gasteiger partial charge on any atom is -0.508 e. The summed E-state index contributed by atoms with van der Waals surface area (Å²) >= 11 is 1.77. The van der Waals surface area contributed by atoms with E-state index in [-0.39, 0.29) is 21.2 Å². The number of halogens is 1. The van der Waals surface area contributed by atoms with Crippen LogP contribution in [0.25, 0.3) is 0 Å². The first-order chi connectivity index (χ1) is 6.34. The summed E-state index contributed by atoms with van der Waals surface area (Å²) in [6.07, 6.45) is 0. The Balaban J connectivity index is 2.15. The summed E-state index contributed by atoms with van der Waals surface area (Å²) in [5, 5.41) is 11.2. The van der Waals surface area contributed by atoms with Gasteiger partial charge in [-0.15, -0.1) is 0 Å². The molecule has 1 aromatic heterocycles. The van der Waals surface area contributed by atoms with E-state index < -0.39 is 0 Å². The van der Waals surface area contributed by atoms with Crippen molar-refractivity contribution < 1.29 is 26.3 Å². The molecule has 0 aliphatic heterocycles. The zero-order valence-corrected chi connectivity index (χ0v) is 9.75. The fourth-order valence-corrected chi connectivity index (χ4v) is 4.55. The molecule has 0 saturated heterocycles. The first kappa shape index (κ1) is 9.02. The van der Waals surface area contributed by atoms with Crippen LogP contribution in [0.2, 0.25) is 0 Å². The van der Waals surface area contributed by atoms with Gasteiger partial charge in [-0.25, -0.2) is 0 Å². The molecule has 1 nitrogen and oxygen atoms in total. The lowest BCUT2D eigenvalue weighted by atomic mass is 10.3. The quantitative estimate of drug-likeness (QED) is 0.748. The van der Waals surface area contributed by atoms with E-state index in [1.807, 2.05) is 23.5 Å². The van der Waals surface area contributed by atoms with E-state index in [0.29, 0.717) is 5.75 Å². The average molecular weight is 303 g/mol. The fraction of sp³-hybridized carbons (Fsp3) is 0. The number of aromatic hydroxyl groups is 1. The van der Waals surface area contributed by atoms with Gasteiger partial charge in [-0.3, -0.25) is 0 Å². The number of thiophene rings is 1. The molecule has 0 spiro atoms. The number of hydrogen-bond donors (Lipinski definition) is 1. The van der Waals surface area contributed by atoms with Crippen molar-refractivity contribution in [2.24, 2.45) is 0 Å². The van der Waals surface area contributed by atoms with Crippen LogP contribution in [0.5, 0.6) is 5.75 Å². The average Bonchev–Trinajstić information content (AvgIpc) is 2.62. The molecule has 1 heterocycles. The van der Waals surface area contributed by atoms with E-state index >= 15 is 0 Å². The second-order valence-corrected chi connectivity index (χ2v) is 7.11. The Morgan fingerprint density at radius 2 is 1.85 bits per heavy atom. The number of phenolic OH excluding ortho intramolecular Hbond substituents is 1. The lowest BCUT2D eigenvalue weighted by Crippen LogP contribution is -3.61. The molecule has 66 valence electrons. The van der Waals surface area contributed by atoms with E-state index in [9.17, 15) is 0 Å². The maximum Gasteiger partial charge on any atom is 0.369 e. The molecule has 1 N–H and O–H groups in total. The van der Waals surface area contributed by atoms with Crippen molar-refractivity contribution in [3.63, 3.8) is 0 Å². The van der Waals surface area contributed by atoms with Gasteiger partial charge in [-0.2, -0.15) is 0 Å². The van der Waals surface area contributed by atoms with Gasteiger partial charge >= 0.3 is 21.2 Å². The van der Waals surface area contributed by atoms with Crippen LogP contribution >= 0.6 is 11.3 Å². The summed E-state index contributed by atoms with van der Waals surface area (Å²) in [4.78, 5) is 0. The minimum atomic E-state index is -0.0391. The Hall–Kier alpha value is -0.550. The lowest BCUT2D eigenvalue weighted by Gasteiger charge is -1.86. The Labute approximate surface area is 91.3 Å². The zero-order valence-electron chi connectivity index (χ0n) is 6.77. The van der Waals surface area contributed by atoms with Crippen molar-refractivity contribution in [3.8, 4) is 5.75 Å². The number of phenols is 1. The van der Waals surface area contributed by atoms with Gasteiger partial charge in [0.05, 0.1) is 0 Å². The summed E-state index contributed by atoms with van der Waals surface area (Å²) in [7, 11) is 0. The fourth-order valence-electron chi connectivity index (χ4n) is 0.924. The van der Waals surface area contributed by atoms with Gasteiger partial charge in [0, 0.05) is 6.07 Å². The molecule has 0 aliphatic rings. The molecule has 0 fully saturated rings. The van der Waals surface area contributed by atoms with Crippen LogP contribution in [-0.4, -0.2) is 5.11 Å². The van der Waals surface area contributed by atoms with E-state index in [1.165, 1.54) is 6.45 Å². The molecule has 13 heavy (non-hydrogen) atoms. The van der Waals surface area contributed by atoms with Gasteiger partial charge in [0.25, 0.3) is 0 Å². The van der Waals surface area contributed by atoms with Crippen LogP contribution in [0.4, 0.5) is 0 Å². The molecular formula is C10H8IOS+. The second kappa shape index (κ2) is 4.11. The number of rotatable bonds is 2. The van der Waals surface area contributed by atoms with Gasteiger partial charge in [0.1, 0.15) is 5.75 Å². The molecule has 1 aromatic carbocycles. The van der Waals surface area contributed by atoms with Gasteiger partial charge in [-0.1, -0.05) is 11.3 Å². The van der Waals surface area contributed by atoms with Crippen molar-refractivity contribution in [1.29, 1.82) is 0 Å².